The molecule has 0 aliphatic rings. The third-order valence-corrected chi connectivity index (χ3v) is 3.39. The molecule has 0 radical (unpaired) electrons. The van der Waals surface area contributed by atoms with Gasteiger partial charge in [0.2, 0.25) is 0 Å². The predicted molar refractivity (Wildman–Crippen MR) is 74.6 cm³/mol. The predicted octanol–water partition coefficient (Wildman–Crippen LogP) is 4.11. The van der Waals surface area contributed by atoms with Crippen molar-refractivity contribution in [2.24, 2.45) is 23.7 Å². The van der Waals surface area contributed by atoms with Crippen LogP contribution in [0.25, 0.3) is 0 Å². The van der Waals surface area contributed by atoms with Crippen molar-refractivity contribution in [3.8, 4) is 0 Å². The minimum atomic E-state index is 0.750. The van der Waals surface area contributed by atoms with Gasteiger partial charge in [0, 0.05) is 0 Å². The highest BCUT2D eigenvalue weighted by Gasteiger charge is 2.18. The highest BCUT2D eigenvalue weighted by molar-refractivity contribution is 4.78. The van der Waals surface area contributed by atoms with E-state index in [2.05, 4.69) is 52.7 Å². The van der Waals surface area contributed by atoms with Crippen LogP contribution in [-0.2, 0) is 0 Å². The maximum atomic E-state index is 3.85. The molecule has 0 aromatic heterocycles. The Labute approximate surface area is 103 Å². The maximum Gasteiger partial charge on any atom is -0.00208 e. The summed E-state index contributed by atoms with van der Waals surface area (Å²) in [5.74, 6) is 3.20. The molecule has 0 amide bonds. The summed E-state index contributed by atoms with van der Waals surface area (Å²) in [6.07, 6.45) is 5.89. The summed E-state index contributed by atoms with van der Waals surface area (Å²) in [5.41, 5.74) is 0. The average molecular weight is 225 g/mol. The van der Waals surface area contributed by atoms with Crippen LogP contribution in [0.3, 0.4) is 0 Å². The van der Waals surface area contributed by atoms with Crippen LogP contribution in [0.1, 0.15) is 47.0 Å². The smallest absolute Gasteiger partial charge is 0.00208 e. The Morgan fingerprint density at radius 3 is 2.19 bits per heavy atom. The fraction of sp³-hybridized carbons (Fsp3) is 0.867. The van der Waals surface area contributed by atoms with Gasteiger partial charge in [0.05, 0.1) is 0 Å². The quantitative estimate of drug-likeness (QED) is 0.582. The molecule has 0 bridgehead atoms. The Balaban J connectivity index is 4.14. The van der Waals surface area contributed by atoms with Crippen molar-refractivity contribution in [1.82, 2.24) is 5.32 Å². The Morgan fingerprint density at radius 2 is 1.75 bits per heavy atom. The summed E-state index contributed by atoms with van der Waals surface area (Å²) >= 11 is 0. The molecule has 1 heteroatoms. The second kappa shape index (κ2) is 8.81. The second-order valence-electron chi connectivity index (χ2n) is 5.79. The molecule has 3 unspecified atom stereocenters. The van der Waals surface area contributed by atoms with E-state index in [9.17, 15) is 0 Å². The van der Waals surface area contributed by atoms with Gasteiger partial charge in [-0.2, -0.15) is 0 Å². The lowest BCUT2D eigenvalue weighted by Crippen LogP contribution is -2.26. The lowest BCUT2D eigenvalue weighted by molar-refractivity contribution is 0.266. The molecule has 0 aromatic rings. The van der Waals surface area contributed by atoms with Gasteiger partial charge in [-0.1, -0.05) is 33.8 Å². The minimum absolute atomic E-state index is 0.750. The zero-order valence-electron chi connectivity index (χ0n) is 11.9. The van der Waals surface area contributed by atoms with Crippen LogP contribution < -0.4 is 5.32 Å². The Morgan fingerprint density at radius 1 is 1.12 bits per heavy atom. The first kappa shape index (κ1) is 15.7. The van der Waals surface area contributed by atoms with Crippen molar-refractivity contribution in [3.05, 3.63) is 12.7 Å². The van der Waals surface area contributed by atoms with E-state index in [1.807, 2.05) is 0 Å². The zero-order valence-corrected chi connectivity index (χ0v) is 11.9. The average Bonchev–Trinajstić information content (AvgIpc) is 2.16. The van der Waals surface area contributed by atoms with Gasteiger partial charge in [0.1, 0.15) is 0 Å². The van der Waals surface area contributed by atoms with E-state index in [0.29, 0.717) is 0 Å². The lowest BCUT2D eigenvalue weighted by Gasteiger charge is -2.26. The molecular formula is C15H31N. The van der Waals surface area contributed by atoms with Crippen molar-refractivity contribution < 1.29 is 0 Å². The number of allylic oxidation sites excluding steroid dienone is 1. The standard InChI is InChI=1S/C15H31N/c1-7-8-14(5)15(11-16-6)10-13(4)9-12(2)3/h7,12-16H,1,8-11H2,2-6H3. The number of hydrogen-bond acceptors (Lipinski definition) is 1. The van der Waals surface area contributed by atoms with E-state index in [4.69, 9.17) is 0 Å². The molecule has 0 aromatic carbocycles. The molecule has 1 nitrogen and oxygen atoms in total. The number of hydrogen-bond donors (Lipinski definition) is 1. The molecule has 0 saturated heterocycles. The summed E-state index contributed by atoms with van der Waals surface area (Å²) in [6.45, 7) is 14.4. The van der Waals surface area contributed by atoms with E-state index in [1.54, 1.807) is 0 Å². The zero-order chi connectivity index (χ0) is 12.6. The molecular weight excluding hydrogens is 194 g/mol. The summed E-state index contributed by atoms with van der Waals surface area (Å²) in [7, 11) is 2.06. The lowest BCUT2D eigenvalue weighted by atomic mass is 9.81. The molecule has 0 aliphatic carbocycles. The largest absolute Gasteiger partial charge is 0.319 e. The molecule has 0 aliphatic heterocycles. The van der Waals surface area contributed by atoms with Crippen LogP contribution >= 0.6 is 0 Å². The fourth-order valence-electron chi connectivity index (χ4n) is 2.65. The molecule has 0 heterocycles. The highest BCUT2D eigenvalue weighted by Crippen LogP contribution is 2.26. The topological polar surface area (TPSA) is 12.0 Å². The maximum absolute atomic E-state index is 3.85. The van der Waals surface area contributed by atoms with Crippen molar-refractivity contribution >= 4 is 0 Å². The van der Waals surface area contributed by atoms with E-state index >= 15 is 0 Å². The first-order chi connectivity index (χ1) is 7.51. The van der Waals surface area contributed by atoms with E-state index in [-0.39, 0.29) is 0 Å². The Hall–Kier alpha value is -0.300. The third kappa shape index (κ3) is 7.05. The van der Waals surface area contributed by atoms with Gasteiger partial charge >= 0.3 is 0 Å². The van der Waals surface area contributed by atoms with Crippen molar-refractivity contribution in [2.75, 3.05) is 13.6 Å². The molecule has 0 rings (SSSR count). The van der Waals surface area contributed by atoms with Crippen molar-refractivity contribution in [2.45, 2.75) is 47.0 Å². The van der Waals surface area contributed by atoms with Crippen LogP contribution in [0.2, 0.25) is 0 Å². The van der Waals surface area contributed by atoms with Gasteiger partial charge in [-0.15, -0.1) is 6.58 Å². The SMILES string of the molecule is C=CCC(C)C(CNC)CC(C)CC(C)C. The number of rotatable bonds is 9. The molecule has 16 heavy (non-hydrogen) atoms. The van der Waals surface area contributed by atoms with Gasteiger partial charge in [0.25, 0.3) is 0 Å². The summed E-state index contributed by atoms with van der Waals surface area (Å²) in [6, 6.07) is 0. The van der Waals surface area contributed by atoms with Gasteiger partial charge in [-0.05, 0) is 56.5 Å². The third-order valence-electron chi connectivity index (χ3n) is 3.39. The Bertz CT molecular complexity index is 174. The molecule has 0 spiro atoms. The van der Waals surface area contributed by atoms with Crippen LogP contribution in [-0.4, -0.2) is 13.6 Å². The van der Waals surface area contributed by atoms with E-state index in [0.717, 1.165) is 36.6 Å². The van der Waals surface area contributed by atoms with Crippen LogP contribution in [0.4, 0.5) is 0 Å². The summed E-state index contributed by atoms with van der Waals surface area (Å²) < 4.78 is 0. The van der Waals surface area contributed by atoms with Crippen LogP contribution in [0.15, 0.2) is 12.7 Å². The van der Waals surface area contributed by atoms with Gasteiger partial charge in [0.15, 0.2) is 0 Å². The summed E-state index contributed by atoms with van der Waals surface area (Å²) in [4.78, 5) is 0. The minimum Gasteiger partial charge on any atom is -0.319 e. The van der Waals surface area contributed by atoms with Gasteiger partial charge < -0.3 is 5.32 Å². The van der Waals surface area contributed by atoms with E-state index < -0.39 is 0 Å². The van der Waals surface area contributed by atoms with Crippen LogP contribution in [0.5, 0.6) is 0 Å². The molecule has 0 fully saturated rings. The Kier molecular flexibility index (Phi) is 8.64. The van der Waals surface area contributed by atoms with Crippen molar-refractivity contribution in [3.63, 3.8) is 0 Å². The first-order valence-electron chi connectivity index (χ1n) is 6.76. The van der Waals surface area contributed by atoms with Gasteiger partial charge in [-0.3, -0.25) is 0 Å². The number of nitrogens with one attached hydrogen (secondary N) is 1. The first-order valence-corrected chi connectivity index (χ1v) is 6.76. The van der Waals surface area contributed by atoms with Crippen LogP contribution in [0, 0.1) is 23.7 Å². The molecule has 3 atom stereocenters. The second-order valence-corrected chi connectivity index (χ2v) is 5.79. The molecule has 96 valence electrons. The molecule has 1 N–H and O–H groups in total. The monoisotopic (exact) mass is 225 g/mol. The van der Waals surface area contributed by atoms with Gasteiger partial charge in [-0.25, -0.2) is 0 Å². The normalized spacial score (nSPS) is 17.1. The summed E-state index contributed by atoms with van der Waals surface area (Å²) in [5, 5.41) is 3.33. The van der Waals surface area contributed by atoms with E-state index in [1.165, 1.54) is 12.8 Å². The fourth-order valence-corrected chi connectivity index (χ4v) is 2.65. The van der Waals surface area contributed by atoms with Crippen molar-refractivity contribution in [1.29, 1.82) is 0 Å². The highest BCUT2D eigenvalue weighted by atomic mass is 14.8. The molecule has 0 saturated carbocycles.